The molecule has 0 aliphatic heterocycles. The Labute approximate surface area is 481 Å². The number of ether oxygens (including phenoxy) is 3. The van der Waals surface area contributed by atoms with Crippen molar-refractivity contribution in [2.75, 3.05) is 13.2 Å². The van der Waals surface area contributed by atoms with Gasteiger partial charge >= 0.3 is 17.9 Å². The summed E-state index contributed by atoms with van der Waals surface area (Å²) in [7, 11) is 0. The number of carbonyl (C=O) groups excluding carboxylic acids is 3. The van der Waals surface area contributed by atoms with Crippen molar-refractivity contribution in [2.45, 2.75) is 290 Å². The SMILES string of the molecule is CC/C=C\C/C=C\C/C=C\C/C=C\C/C=C\CCCCCCCCCCCC(=O)OCC(COC(=O)CCCCCCC/C=C\C/C=C\CCCCCC)OC(=O)CCCCCCCC/C=C\C/C=C\C/C=C\C/C=C\CC. The molecular formula is C72H118O6. The zero-order valence-corrected chi connectivity index (χ0v) is 50.6. The second kappa shape index (κ2) is 65.1. The molecule has 0 N–H and O–H groups in total. The Kier molecular flexibility index (Phi) is 61.4. The largest absolute Gasteiger partial charge is 0.462 e. The summed E-state index contributed by atoms with van der Waals surface area (Å²) in [6, 6.07) is 0. The highest BCUT2D eigenvalue weighted by atomic mass is 16.6. The Morgan fingerprint density at radius 2 is 0.500 bits per heavy atom. The number of hydrogen-bond donors (Lipinski definition) is 0. The molecule has 6 heteroatoms. The van der Waals surface area contributed by atoms with Crippen LogP contribution in [0.15, 0.2) is 134 Å². The van der Waals surface area contributed by atoms with Crippen molar-refractivity contribution >= 4 is 17.9 Å². The Balaban J connectivity index is 4.43. The topological polar surface area (TPSA) is 78.9 Å². The summed E-state index contributed by atoms with van der Waals surface area (Å²) < 4.78 is 16.9. The van der Waals surface area contributed by atoms with E-state index in [4.69, 9.17) is 14.2 Å². The van der Waals surface area contributed by atoms with Gasteiger partial charge in [-0.2, -0.15) is 0 Å². The first-order valence-electron chi connectivity index (χ1n) is 32.2. The van der Waals surface area contributed by atoms with Crippen LogP contribution in [0.2, 0.25) is 0 Å². The molecule has 0 aromatic carbocycles. The van der Waals surface area contributed by atoms with Crippen LogP contribution < -0.4 is 0 Å². The number of allylic oxidation sites excluding steroid dienone is 22. The molecule has 0 aromatic heterocycles. The molecule has 0 saturated heterocycles. The molecule has 0 rings (SSSR count). The van der Waals surface area contributed by atoms with E-state index in [9.17, 15) is 14.4 Å². The molecule has 6 nitrogen and oxygen atoms in total. The van der Waals surface area contributed by atoms with E-state index in [1.807, 2.05) is 0 Å². The van der Waals surface area contributed by atoms with E-state index in [1.165, 1.54) is 83.5 Å². The van der Waals surface area contributed by atoms with E-state index in [2.05, 4.69) is 154 Å². The van der Waals surface area contributed by atoms with Crippen LogP contribution in [-0.4, -0.2) is 37.2 Å². The zero-order valence-electron chi connectivity index (χ0n) is 50.6. The maximum atomic E-state index is 12.9. The lowest BCUT2D eigenvalue weighted by Crippen LogP contribution is -2.30. The first kappa shape index (κ1) is 73.5. The minimum absolute atomic E-state index is 0.0952. The summed E-state index contributed by atoms with van der Waals surface area (Å²) >= 11 is 0. The third kappa shape index (κ3) is 62.4. The highest BCUT2D eigenvalue weighted by molar-refractivity contribution is 5.71. The lowest BCUT2D eigenvalue weighted by atomic mass is 10.1. The Morgan fingerprint density at radius 1 is 0.269 bits per heavy atom. The number of unbranched alkanes of at least 4 members (excludes halogenated alkanes) is 24. The lowest BCUT2D eigenvalue weighted by molar-refractivity contribution is -0.167. The molecule has 0 aliphatic rings. The van der Waals surface area contributed by atoms with Crippen molar-refractivity contribution in [3.05, 3.63) is 134 Å². The fourth-order valence-corrected chi connectivity index (χ4v) is 8.61. The number of rotatable bonds is 57. The molecule has 1 unspecified atom stereocenters. The summed E-state index contributed by atoms with van der Waals surface area (Å²) in [5.74, 6) is -0.926. The summed E-state index contributed by atoms with van der Waals surface area (Å²) in [6.45, 7) is 6.38. The molecule has 0 spiro atoms. The second-order valence-electron chi connectivity index (χ2n) is 20.9. The van der Waals surface area contributed by atoms with Gasteiger partial charge in [-0.25, -0.2) is 0 Å². The Morgan fingerprint density at radius 3 is 0.782 bits per heavy atom. The van der Waals surface area contributed by atoms with Gasteiger partial charge in [-0.1, -0.05) is 264 Å². The average molecular weight is 1080 g/mol. The van der Waals surface area contributed by atoms with Gasteiger partial charge in [0, 0.05) is 19.3 Å². The molecule has 78 heavy (non-hydrogen) atoms. The standard InChI is InChI=1S/C72H118O6/c1-4-7-10-13-16-19-22-25-28-31-33-34-35-36-37-38-40-41-44-47-50-53-56-59-62-65-71(74)77-68-69(67-76-70(73)64-61-58-55-52-49-46-43-30-27-24-21-18-15-12-9-6-3)78-72(75)66-63-60-57-54-51-48-45-42-39-32-29-26-23-20-17-14-11-8-5-2/h7-8,10-11,16-17,19-21,24-26,28-30,33-34,36-37,39,42-43,69H,4-6,9,12-15,18,22-23,27,31-32,35,38,40-41,44-68H2,1-3H3/b10-7-,11-8-,19-16-,20-17-,24-21-,28-25-,29-26-,34-33-,37-36-,42-39-,43-30-. The van der Waals surface area contributed by atoms with Gasteiger partial charge in [-0.3, -0.25) is 14.4 Å². The minimum atomic E-state index is -0.801. The third-order valence-electron chi connectivity index (χ3n) is 13.4. The van der Waals surface area contributed by atoms with E-state index in [0.717, 1.165) is 161 Å². The van der Waals surface area contributed by atoms with Crippen LogP contribution in [0.1, 0.15) is 284 Å². The van der Waals surface area contributed by atoms with E-state index >= 15 is 0 Å². The smallest absolute Gasteiger partial charge is 0.306 e. The van der Waals surface area contributed by atoms with Crippen molar-refractivity contribution in [2.24, 2.45) is 0 Å². The van der Waals surface area contributed by atoms with E-state index in [-0.39, 0.29) is 31.1 Å². The maximum Gasteiger partial charge on any atom is 0.306 e. The molecule has 0 amide bonds. The molecule has 0 bridgehead atoms. The lowest BCUT2D eigenvalue weighted by Gasteiger charge is -2.18. The normalized spacial score (nSPS) is 13.0. The number of esters is 3. The Bertz CT molecular complexity index is 1670. The van der Waals surface area contributed by atoms with Crippen molar-refractivity contribution in [3.8, 4) is 0 Å². The van der Waals surface area contributed by atoms with Gasteiger partial charge in [0.2, 0.25) is 0 Å². The van der Waals surface area contributed by atoms with Gasteiger partial charge in [0.25, 0.3) is 0 Å². The van der Waals surface area contributed by atoms with Gasteiger partial charge in [0.1, 0.15) is 13.2 Å². The molecule has 0 fully saturated rings. The van der Waals surface area contributed by atoms with Crippen LogP contribution >= 0.6 is 0 Å². The van der Waals surface area contributed by atoms with Crippen molar-refractivity contribution in [3.63, 3.8) is 0 Å². The van der Waals surface area contributed by atoms with Gasteiger partial charge in [-0.05, 0) is 135 Å². The molecule has 0 aromatic rings. The van der Waals surface area contributed by atoms with Crippen LogP contribution in [-0.2, 0) is 28.6 Å². The number of hydrogen-bond acceptors (Lipinski definition) is 6. The van der Waals surface area contributed by atoms with Gasteiger partial charge < -0.3 is 14.2 Å². The molecule has 0 aliphatic carbocycles. The van der Waals surface area contributed by atoms with Crippen LogP contribution in [0.4, 0.5) is 0 Å². The first-order valence-corrected chi connectivity index (χ1v) is 32.2. The molecular weight excluding hydrogens is 961 g/mol. The fourth-order valence-electron chi connectivity index (χ4n) is 8.61. The summed E-state index contributed by atoms with van der Waals surface area (Å²) in [4.78, 5) is 38.4. The molecule has 442 valence electrons. The molecule has 0 heterocycles. The van der Waals surface area contributed by atoms with Crippen LogP contribution in [0.5, 0.6) is 0 Å². The maximum absolute atomic E-state index is 12.9. The monoisotopic (exact) mass is 1080 g/mol. The van der Waals surface area contributed by atoms with Crippen LogP contribution in [0.3, 0.4) is 0 Å². The van der Waals surface area contributed by atoms with E-state index in [0.29, 0.717) is 19.3 Å². The zero-order chi connectivity index (χ0) is 56.4. The number of carbonyl (C=O) groups is 3. The third-order valence-corrected chi connectivity index (χ3v) is 13.4. The van der Waals surface area contributed by atoms with Gasteiger partial charge in [0.15, 0.2) is 6.10 Å². The summed E-state index contributed by atoms with van der Waals surface area (Å²) in [5, 5.41) is 0. The highest BCUT2D eigenvalue weighted by Gasteiger charge is 2.19. The van der Waals surface area contributed by atoms with Gasteiger partial charge in [-0.15, -0.1) is 0 Å². The van der Waals surface area contributed by atoms with Crippen LogP contribution in [0, 0.1) is 0 Å². The molecule has 0 radical (unpaired) electrons. The Hall–Kier alpha value is -4.45. The molecule has 1 atom stereocenters. The van der Waals surface area contributed by atoms with Crippen molar-refractivity contribution in [1.82, 2.24) is 0 Å². The minimum Gasteiger partial charge on any atom is -0.462 e. The summed E-state index contributed by atoms with van der Waals surface area (Å²) in [6.07, 6.45) is 91.6. The predicted molar refractivity (Wildman–Crippen MR) is 339 cm³/mol. The second-order valence-corrected chi connectivity index (χ2v) is 20.9. The van der Waals surface area contributed by atoms with Crippen molar-refractivity contribution in [1.29, 1.82) is 0 Å². The first-order chi connectivity index (χ1) is 38.5. The quantitative estimate of drug-likeness (QED) is 0.0261. The van der Waals surface area contributed by atoms with E-state index < -0.39 is 6.10 Å². The average Bonchev–Trinajstić information content (AvgIpc) is 3.44. The van der Waals surface area contributed by atoms with Crippen LogP contribution in [0.25, 0.3) is 0 Å². The van der Waals surface area contributed by atoms with E-state index in [1.54, 1.807) is 0 Å². The summed E-state index contributed by atoms with van der Waals surface area (Å²) in [5.41, 5.74) is 0. The fraction of sp³-hybridized carbons (Fsp3) is 0.653. The highest BCUT2D eigenvalue weighted by Crippen LogP contribution is 2.15. The van der Waals surface area contributed by atoms with Gasteiger partial charge in [0.05, 0.1) is 0 Å². The predicted octanol–water partition coefficient (Wildman–Crippen LogP) is 22.2. The molecule has 0 saturated carbocycles. The van der Waals surface area contributed by atoms with Crippen molar-refractivity contribution < 1.29 is 28.6 Å².